The highest BCUT2D eigenvalue weighted by Gasteiger charge is 2.42. The zero-order valence-electron chi connectivity index (χ0n) is 14.3. The summed E-state index contributed by atoms with van der Waals surface area (Å²) in [5.41, 5.74) is -0.0639. The molecule has 0 aliphatic heterocycles. The Morgan fingerprint density at radius 2 is 1.92 bits per heavy atom. The van der Waals surface area contributed by atoms with Crippen LogP contribution < -0.4 is 5.32 Å². The molecule has 0 aliphatic rings. The van der Waals surface area contributed by atoms with Crippen LogP contribution in [0.3, 0.4) is 0 Å². The number of esters is 1. The monoisotopic (exact) mass is 331 g/mol. The molecular formula is C19H25NO4. The van der Waals surface area contributed by atoms with Crippen LogP contribution in [0.15, 0.2) is 55.6 Å². The first-order valence-electron chi connectivity index (χ1n) is 7.75. The minimum absolute atomic E-state index is 0.157. The summed E-state index contributed by atoms with van der Waals surface area (Å²) in [7, 11) is 1.32. The SMILES string of the molecule is C=CC[C@@H](NC(=O)OCc1ccccc1)[C@@](C)(CC=C)C(=O)OC. The lowest BCUT2D eigenvalue weighted by molar-refractivity contribution is -0.153. The van der Waals surface area contributed by atoms with Crippen molar-refractivity contribution < 1.29 is 19.1 Å². The molecule has 5 heteroatoms. The summed E-state index contributed by atoms with van der Waals surface area (Å²) in [5.74, 6) is -0.419. The molecule has 130 valence electrons. The van der Waals surface area contributed by atoms with Gasteiger partial charge in [0, 0.05) is 0 Å². The van der Waals surface area contributed by atoms with Crippen LogP contribution in [0.25, 0.3) is 0 Å². The Kier molecular flexibility index (Phi) is 7.75. The van der Waals surface area contributed by atoms with Crippen LogP contribution in [0.4, 0.5) is 4.79 Å². The summed E-state index contributed by atoms with van der Waals surface area (Å²) in [6.45, 7) is 9.26. The van der Waals surface area contributed by atoms with Gasteiger partial charge in [0.2, 0.25) is 0 Å². The van der Waals surface area contributed by atoms with E-state index in [-0.39, 0.29) is 6.61 Å². The van der Waals surface area contributed by atoms with E-state index in [0.29, 0.717) is 12.8 Å². The van der Waals surface area contributed by atoms with Crippen molar-refractivity contribution >= 4 is 12.1 Å². The molecule has 1 N–H and O–H groups in total. The lowest BCUT2D eigenvalue weighted by Gasteiger charge is -2.34. The van der Waals surface area contributed by atoms with Crippen molar-refractivity contribution in [3.63, 3.8) is 0 Å². The molecule has 1 rings (SSSR count). The summed E-state index contributed by atoms with van der Waals surface area (Å²) in [6.07, 6.45) is 3.44. The maximum absolute atomic E-state index is 12.2. The summed E-state index contributed by atoms with van der Waals surface area (Å²) < 4.78 is 10.1. The van der Waals surface area contributed by atoms with E-state index in [0.717, 1.165) is 5.56 Å². The lowest BCUT2D eigenvalue weighted by atomic mass is 9.77. The third-order valence-electron chi connectivity index (χ3n) is 3.90. The number of allylic oxidation sites excluding steroid dienone is 1. The van der Waals surface area contributed by atoms with E-state index in [4.69, 9.17) is 9.47 Å². The first kappa shape index (κ1) is 19.5. The fourth-order valence-corrected chi connectivity index (χ4v) is 2.45. The standard InChI is InChI=1S/C19H25NO4/c1-5-10-16(19(3,13-6-2)17(21)23-4)20-18(22)24-14-15-11-8-7-9-12-15/h5-9,11-12,16H,1-2,10,13-14H2,3-4H3,(H,20,22)/t16-,19-/m1/s1. The molecule has 0 saturated carbocycles. The van der Waals surface area contributed by atoms with Crippen molar-refractivity contribution in [1.29, 1.82) is 0 Å². The number of methoxy groups -OCH3 is 1. The predicted octanol–water partition coefficient (Wildman–Crippen LogP) is 3.61. The molecule has 0 aliphatic carbocycles. The van der Waals surface area contributed by atoms with E-state index in [1.165, 1.54) is 7.11 Å². The van der Waals surface area contributed by atoms with Gasteiger partial charge in [-0.3, -0.25) is 4.79 Å². The average molecular weight is 331 g/mol. The van der Waals surface area contributed by atoms with Gasteiger partial charge < -0.3 is 14.8 Å². The smallest absolute Gasteiger partial charge is 0.407 e. The first-order chi connectivity index (χ1) is 11.5. The molecule has 5 nitrogen and oxygen atoms in total. The van der Waals surface area contributed by atoms with Crippen LogP contribution in [0.2, 0.25) is 0 Å². The number of benzene rings is 1. The van der Waals surface area contributed by atoms with Gasteiger partial charge in [-0.2, -0.15) is 0 Å². The molecule has 0 bridgehead atoms. The largest absolute Gasteiger partial charge is 0.469 e. The Labute approximate surface area is 143 Å². The summed E-state index contributed by atoms with van der Waals surface area (Å²) in [6, 6.07) is 8.85. The molecule has 0 fully saturated rings. The van der Waals surface area contributed by atoms with Gasteiger partial charge in [0.15, 0.2) is 0 Å². The number of ether oxygens (including phenoxy) is 2. The second kappa shape index (κ2) is 9.55. The van der Waals surface area contributed by atoms with Crippen molar-refractivity contribution in [3.05, 3.63) is 61.2 Å². The number of hydrogen-bond donors (Lipinski definition) is 1. The Hall–Kier alpha value is -2.56. The molecule has 24 heavy (non-hydrogen) atoms. The molecular weight excluding hydrogens is 306 g/mol. The molecule has 0 aromatic heterocycles. The topological polar surface area (TPSA) is 64.6 Å². The van der Waals surface area contributed by atoms with Gasteiger partial charge in [-0.05, 0) is 25.3 Å². The van der Waals surface area contributed by atoms with Crippen molar-refractivity contribution in [2.75, 3.05) is 7.11 Å². The van der Waals surface area contributed by atoms with Crippen LogP contribution >= 0.6 is 0 Å². The third-order valence-corrected chi connectivity index (χ3v) is 3.90. The molecule has 0 radical (unpaired) electrons. The second-order valence-electron chi connectivity index (χ2n) is 5.68. The highest BCUT2D eigenvalue weighted by atomic mass is 16.5. The Balaban J connectivity index is 2.79. The van der Waals surface area contributed by atoms with Gasteiger partial charge in [0.1, 0.15) is 6.61 Å². The van der Waals surface area contributed by atoms with Crippen LogP contribution in [0.5, 0.6) is 0 Å². The maximum Gasteiger partial charge on any atom is 0.407 e. The van der Waals surface area contributed by atoms with Crippen molar-refractivity contribution in [3.8, 4) is 0 Å². The number of amides is 1. The number of carbonyl (C=O) groups is 2. The van der Waals surface area contributed by atoms with Gasteiger partial charge in [0.25, 0.3) is 0 Å². The quantitative estimate of drug-likeness (QED) is 0.554. The first-order valence-corrected chi connectivity index (χ1v) is 7.75. The van der Waals surface area contributed by atoms with Gasteiger partial charge >= 0.3 is 12.1 Å². The van der Waals surface area contributed by atoms with Gasteiger partial charge in [-0.1, -0.05) is 42.5 Å². The summed E-state index contributed by atoms with van der Waals surface area (Å²) >= 11 is 0. The molecule has 1 aromatic carbocycles. The molecule has 0 unspecified atom stereocenters. The van der Waals surface area contributed by atoms with Crippen molar-refractivity contribution in [2.24, 2.45) is 5.41 Å². The van der Waals surface area contributed by atoms with E-state index in [2.05, 4.69) is 18.5 Å². The van der Waals surface area contributed by atoms with Crippen LogP contribution in [0.1, 0.15) is 25.3 Å². The van der Waals surface area contributed by atoms with E-state index in [9.17, 15) is 9.59 Å². The normalized spacial score (nSPS) is 13.9. The van der Waals surface area contributed by atoms with E-state index in [1.807, 2.05) is 30.3 Å². The van der Waals surface area contributed by atoms with Crippen LogP contribution in [-0.2, 0) is 20.9 Å². The number of nitrogens with one attached hydrogen (secondary N) is 1. The molecule has 1 aromatic rings. The summed E-state index contributed by atoms with van der Waals surface area (Å²) in [4.78, 5) is 24.3. The Morgan fingerprint density at radius 3 is 2.46 bits per heavy atom. The average Bonchev–Trinajstić information content (AvgIpc) is 2.59. The number of hydrogen-bond acceptors (Lipinski definition) is 4. The van der Waals surface area contributed by atoms with Crippen molar-refractivity contribution in [1.82, 2.24) is 5.32 Å². The predicted molar refractivity (Wildman–Crippen MR) is 93.3 cm³/mol. The Bertz CT molecular complexity index is 570. The van der Waals surface area contributed by atoms with Gasteiger partial charge in [0.05, 0.1) is 18.6 Å². The van der Waals surface area contributed by atoms with Crippen LogP contribution in [-0.4, -0.2) is 25.2 Å². The highest BCUT2D eigenvalue weighted by molar-refractivity contribution is 5.79. The highest BCUT2D eigenvalue weighted by Crippen LogP contribution is 2.30. The fraction of sp³-hybridized carbons (Fsp3) is 0.368. The van der Waals surface area contributed by atoms with Gasteiger partial charge in [-0.15, -0.1) is 13.2 Å². The minimum atomic E-state index is -0.948. The number of alkyl carbamates (subject to hydrolysis) is 1. The second-order valence-corrected chi connectivity index (χ2v) is 5.68. The molecule has 0 heterocycles. The molecule has 1 amide bonds. The van der Waals surface area contributed by atoms with E-state index in [1.54, 1.807) is 19.1 Å². The minimum Gasteiger partial charge on any atom is -0.469 e. The van der Waals surface area contributed by atoms with Crippen molar-refractivity contribution in [2.45, 2.75) is 32.4 Å². The fourth-order valence-electron chi connectivity index (χ4n) is 2.45. The summed E-state index contributed by atoms with van der Waals surface area (Å²) in [5, 5.41) is 2.75. The van der Waals surface area contributed by atoms with E-state index < -0.39 is 23.5 Å². The zero-order valence-corrected chi connectivity index (χ0v) is 14.3. The molecule has 0 saturated heterocycles. The third kappa shape index (κ3) is 5.26. The lowest BCUT2D eigenvalue weighted by Crippen LogP contribution is -2.50. The molecule has 0 spiro atoms. The van der Waals surface area contributed by atoms with E-state index >= 15 is 0 Å². The number of rotatable bonds is 9. The zero-order chi connectivity index (χ0) is 18.0. The molecule has 2 atom stereocenters. The van der Waals surface area contributed by atoms with Gasteiger partial charge in [-0.25, -0.2) is 4.79 Å². The number of carbonyl (C=O) groups excluding carboxylic acids is 2. The Morgan fingerprint density at radius 1 is 1.25 bits per heavy atom. The van der Waals surface area contributed by atoms with Crippen LogP contribution in [0, 0.1) is 5.41 Å². The maximum atomic E-state index is 12.2.